The van der Waals surface area contributed by atoms with Crippen molar-refractivity contribution >= 4 is 5.91 Å². The van der Waals surface area contributed by atoms with Gasteiger partial charge in [-0.2, -0.15) is 0 Å². The third-order valence-electron chi connectivity index (χ3n) is 4.06. The molecule has 0 bridgehead atoms. The number of nitrogens with one attached hydrogen (secondary N) is 1. The van der Waals surface area contributed by atoms with Gasteiger partial charge in [0.25, 0.3) is 5.91 Å². The average molecular weight is 311 g/mol. The van der Waals surface area contributed by atoms with Crippen LogP contribution in [0.25, 0.3) is 11.1 Å². The monoisotopic (exact) mass is 311 g/mol. The molecule has 1 aromatic heterocycles. The molecule has 1 aliphatic heterocycles. The summed E-state index contributed by atoms with van der Waals surface area (Å²) in [6.45, 7) is 4.38. The number of hydrogen-bond donors (Lipinski definition) is 1. The van der Waals surface area contributed by atoms with E-state index in [4.69, 9.17) is 4.74 Å². The Morgan fingerprint density at radius 1 is 1.26 bits per heavy atom. The molecule has 0 aliphatic carbocycles. The van der Waals surface area contributed by atoms with Crippen molar-refractivity contribution in [3.8, 4) is 16.9 Å². The van der Waals surface area contributed by atoms with Gasteiger partial charge in [0.2, 0.25) is 0 Å². The molecule has 0 saturated carbocycles. The van der Waals surface area contributed by atoms with E-state index in [1.54, 1.807) is 19.5 Å². The Balaban J connectivity index is 1.82. The van der Waals surface area contributed by atoms with Crippen LogP contribution in [0.2, 0.25) is 0 Å². The van der Waals surface area contributed by atoms with Gasteiger partial charge >= 0.3 is 0 Å². The van der Waals surface area contributed by atoms with Crippen molar-refractivity contribution in [3.63, 3.8) is 0 Å². The number of methoxy groups -OCH3 is 1. The van der Waals surface area contributed by atoms with Crippen LogP contribution in [0.15, 0.2) is 42.7 Å². The first-order valence-corrected chi connectivity index (χ1v) is 7.79. The third kappa shape index (κ3) is 3.51. The first-order valence-electron chi connectivity index (χ1n) is 7.79. The molecule has 23 heavy (non-hydrogen) atoms. The largest absolute Gasteiger partial charge is 0.497 e. The molecule has 1 fully saturated rings. The van der Waals surface area contributed by atoms with Gasteiger partial charge in [-0.3, -0.25) is 9.78 Å². The number of aromatic nitrogens is 1. The summed E-state index contributed by atoms with van der Waals surface area (Å²) < 4.78 is 5.17. The lowest BCUT2D eigenvalue weighted by atomic mass is 10.1. The highest BCUT2D eigenvalue weighted by Gasteiger charge is 2.22. The minimum Gasteiger partial charge on any atom is -0.497 e. The highest BCUT2D eigenvalue weighted by Crippen LogP contribution is 2.23. The maximum atomic E-state index is 12.7. The van der Waals surface area contributed by atoms with Crippen LogP contribution in [0, 0.1) is 0 Å². The van der Waals surface area contributed by atoms with E-state index in [0.29, 0.717) is 11.6 Å². The topological polar surface area (TPSA) is 54.5 Å². The number of nitrogens with zero attached hydrogens (tertiary/aromatic N) is 2. The number of piperazine rings is 1. The number of amides is 1. The van der Waals surface area contributed by atoms with Gasteiger partial charge in [-0.1, -0.05) is 12.1 Å². The van der Waals surface area contributed by atoms with Crippen molar-refractivity contribution in [2.24, 2.45) is 0 Å². The summed E-state index contributed by atoms with van der Waals surface area (Å²) in [5.41, 5.74) is 2.58. The molecular weight excluding hydrogens is 290 g/mol. The van der Waals surface area contributed by atoms with E-state index in [-0.39, 0.29) is 5.91 Å². The number of ether oxygens (including phenoxy) is 1. The Bertz CT molecular complexity index is 685. The molecule has 2 aromatic rings. The molecule has 5 nitrogen and oxygen atoms in total. The average Bonchev–Trinajstić information content (AvgIpc) is 2.61. The fraction of sp³-hybridized carbons (Fsp3) is 0.333. The maximum Gasteiger partial charge on any atom is 0.255 e. The van der Waals surface area contributed by atoms with Crippen LogP contribution in [0.3, 0.4) is 0 Å². The number of pyridine rings is 1. The highest BCUT2D eigenvalue weighted by molar-refractivity contribution is 5.95. The van der Waals surface area contributed by atoms with E-state index >= 15 is 0 Å². The second-order valence-electron chi connectivity index (χ2n) is 5.80. The van der Waals surface area contributed by atoms with Crippen LogP contribution in [0.4, 0.5) is 0 Å². The van der Waals surface area contributed by atoms with Crippen LogP contribution in [-0.2, 0) is 0 Å². The van der Waals surface area contributed by atoms with Gasteiger partial charge in [-0.25, -0.2) is 0 Å². The van der Waals surface area contributed by atoms with Crippen molar-refractivity contribution in [2.45, 2.75) is 13.0 Å². The zero-order valence-corrected chi connectivity index (χ0v) is 13.5. The van der Waals surface area contributed by atoms with E-state index in [1.807, 2.05) is 35.2 Å². The van der Waals surface area contributed by atoms with E-state index in [9.17, 15) is 4.79 Å². The van der Waals surface area contributed by atoms with Crippen molar-refractivity contribution in [3.05, 3.63) is 48.3 Å². The molecule has 120 valence electrons. The molecule has 1 aliphatic rings. The summed E-state index contributed by atoms with van der Waals surface area (Å²) in [5.74, 6) is 0.852. The molecule has 1 N–H and O–H groups in total. The summed E-state index contributed by atoms with van der Waals surface area (Å²) in [7, 11) is 1.64. The Hall–Kier alpha value is -2.40. The van der Waals surface area contributed by atoms with Gasteiger partial charge in [0.1, 0.15) is 5.75 Å². The van der Waals surface area contributed by atoms with Crippen LogP contribution in [0.1, 0.15) is 17.3 Å². The minimum atomic E-state index is 0.0428. The van der Waals surface area contributed by atoms with Gasteiger partial charge < -0.3 is 15.0 Å². The zero-order valence-electron chi connectivity index (χ0n) is 13.5. The van der Waals surface area contributed by atoms with Gasteiger partial charge in [-0.15, -0.1) is 0 Å². The van der Waals surface area contributed by atoms with Gasteiger partial charge in [0, 0.05) is 43.6 Å². The molecule has 1 aromatic carbocycles. The minimum absolute atomic E-state index is 0.0428. The Morgan fingerprint density at radius 2 is 2.04 bits per heavy atom. The van der Waals surface area contributed by atoms with Crippen LogP contribution in [-0.4, -0.2) is 48.6 Å². The first-order chi connectivity index (χ1) is 11.2. The second-order valence-corrected chi connectivity index (χ2v) is 5.80. The molecule has 1 saturated heterocycles. The molecule has 0 spiro atoms. The number of hydrogen-bond acceptors (Lipinski definition) is 4. The number of benzene rings is 1. The summed E-state index contributed by atoms with van der Waals surface area (Å²) in [4.78, 5) is 18.8. The first kappa shape index (κ1) is 15.5. The Morgan fingerprint density at radius 3 is 2.74 bits per heavy atom. The Kier molecular flexibility index (Phi) is 4.57. The summed E-state index contributed by atoms with van der Waals surface area (Å²) >= 11 is 0. The van der Waals surface area contributed by atoms with E-state index in [1.165, 1.54) is 0 Å². The van der Waals surface area contributed by atoms with Crippen molar-refractivity contribution in [1.29, 1.82) is 0 Å². The molecule has 2 heterocycles. The summed E-state index contributed by atoms with van der Waals surface area (Å²) in [5, 5.41) is 3.34. The molecule has 1 atom stereocenters. The molecule has 3 rings (SSSR count). The van der Waals surface area contributed by atoms with Gasteiger partial charge in [-0.05, 0) is 30.7 Å². The maximum absolute atomic E-state index is 12.7. The van der Waals surface area contributed by atoms with Crippen LogP contribution >= 0.6 is 0 Å². The second kappa shape index (κ2) is 6.79. The zero-order chi connectivity index (χ0) is 16.2. The normalized spacial score (nSPS) is 17.8. The highest BCUT2D eigenvalue weighted by atomic mass is 16.5. The van der Waals surface area contributed by atoms with E-state index < -0.39 is 0 Å². The molecule has 0 radical (unpaired) electrons. The lowest BCUT2D eigenvalue weighted by Gasteiger charge is -2.31. The fourth-order valence-electron chi connectivity index (χ4n) is 2.80. The number of carbonyl (C=O) groups excluding carboxylic acids is 1. The van der Waals surface area contributed by atoms with Crippen molar-refractivity contribution in [1.82, 2.24) is 15.2 Å². The smallest absolute Gasteiger partial charge is 0.255 e. The van der Waals surface area contributed by atoms with Gasteiger partial charge in [0.15, 0.2) is 0 Å². The van der Waals surface area contributed by atoms with Crippen LogP contribution < -0.4 is 10.1 Å². The summed E-state index contributed by atoms with van der Waals surface area (Å²) in [6.07, 6.45) is 3.42. The van der Waals surface area contributed by atoms with Crippen molar-refractivity contribution < 1.29 is 9.53 Å². The number of rotatable bonds is 3. The predicted molar refractivity (Wildman–Crippen MR) is 89.6 cm³/mol. The quantitative estimate of drug-likeness (QED) is 0.944. The lowest BCUT2D eigenvalue weighted by Crippen LogP contribution is -2.51. The Labute approximate surface area is 136 Å². The number of carbonyl (C=O) groups is 1. The van der Waals surface area contributed by atoms with Crippen LogP contribution in [0.5, 0.6) is 5.75 Å². The molecule has 5 heteroatoms. The van der Waals surface area contributed by atoms with Crippen molar-refractivity contribution in [2.75, 3.05) is 26.7 Å². The fourth-order valence-corrected chi connectivity index (χ4v) is 2.80. The molecule has 1 amide bonds. The van der Waals surface area contributed by atoms with E-state index in [2.05, 4.69) is 17.2 Å². The standard InChI is InChI=1S/C18H21N3O2/c1-13-12-21(8-7-20-13)18(22)16-9-15(10-19-11-16)14-3-5-17(23-2)6-4-14/h3-6,9-11,13,20H,7-8,12H2,1-2H3/t13-/m1/s1. The summed E-state index contributed by atoms with van der Waals surface area (Å²) in [6, 6.07) is 9.98. The van der Waals surface area contributed by atoms with E-state index in [0.717, 1.165) is 36.5 Å². The molecule has 0 unspecified atom stereocenters. The third-order valence-corrected chi connectivity index (χ3v) is 4.06. The SMILES string of the molecule is COc1ccc(-c2cncc(C(=O)N3CCN[C@H](C)C3)c2)cc1. The predicted octanol–water partition coefficient (Wildman–Crippen LogP) is 2.19. The lowest BCUT2D eigenvalue weighted by molar-refractivity contribution is 0.0708. The van der Waals surface area contributed by atoms with Gasteiger partial charge in [0.05, 0.1) is 12.7 Å². The molecular formula is C18H21N3O2.